The number of anilines is 1. The predicted octanol–water partition coefficient (Wildman–Crippen LogP) is 5.14. The Balaban J connectivity index is 1.41. The summed E-state index contributed by atoms with van der Waals surface area (Å²) in [6.45, 7) is 5.71. The van der Waals surface area contributed by atoms with Gasteiger partial charge < -0.3 is 24.3 Å². The van der Waals surface area contributed by atoms with Gasteiger partial charge in [0, 0.05) is 49.1 Å². The van der Waals surface area contributed by atoms with Crippen molar-refractivity contribution in [1.29, 1.82) is 0 Å². The fourth-order valence-electron chi connectivity index (χ4n) is 5.15. The number of amides is 1. The molecule has 1 saturated heterocycles. The SMILES string of the molecule is Cn1ccc(C(=O)NCc2nc(-c3cc4c(N[C@H]5CCN(C(C)(C)C)C[C@H]5F)cccc4n3CC(F)(F)F)no2)c1. The van der Waals surface area contributed by atoms with Gasteiger partial charge in [0.15, 0.2) is 0 Å². The molecule has 4 aromatic rings. The van der Waals surface area contributed by atoms with Crippen molar-refractivity contribution in [2.75, 3.05) is 18.4 Å². The Kier molecular flexibility index (Phi) is 7.58. The molecule has 5 rings (SSSR count). The van der Waals surface area contributed by atoms with Gasteiger partial charge in [-0.05, 0) is 51.5 Å². The fourth-order valence-corrected chi connectivity index (χ4v) is 5.15. The molecule has 1 aliphatic heterocycles. The molecular weight excluding hydrogens is 542 g/mol. The van der Waals surface area contributed by atoms with Gasteiger partial charge in [0.2, 0.25) is 11.7 Å². The van der Waals surface area contributed by atoms with E-state index in [4.69, 9.17) is 4.52 Å². The first kappa shape index (κ1) is 28.7. The number of halogens is 4. The van der Waals surface area contributed by atoms with E-state index >= 15 is 4.39 Å². The minimum Gasteiger partial charge on any atom is -0.379 e. The van der Waals surface area contributed by atoms with Gasteiger partial charge in [-0.15, -0.1) is 0 Å². The molecule has 0 unspecified atom stereocenters. The third-order valence-corrected chi connectivity index (χ3v) is 7.31. The Morgan fingerprint density at radius 3 is 2.63 bits per heavy atom. The number of nitrogens with one attached hydrogen (secondary N) is 2. The molecule has 1 fully saturated rings. The second-order valence-electron chi connectivity index (χ2n) is 11.4. The molecule has 9 nitrogen and oxygen atoms in total. The summed E-state index contributed by atoms with van der Waals surface area (Å²) in [6.07, 6.45) is -1.75. The summed E-state index contributed by atoms with van der Waals surface area (Å²) in [5.74, 6) is -0.369. The lowest BCUT2D eigenvalue weighted by molar-refractivity contribution is -0.139. The van der Waals surface area contributed by atoms with Gasteiger partial charge in [-0.1, -0.05) is 11.2 Å². The lowest BCUT2D eigenvalue weighted by Gasteiger charge is -2.42. The van der Waals surface area contributed by atoms with Crippen LogP contribution < -0.4 is 10.6 Å². The lowest BCUT2D eigenvalue weighted by atomic mass is 9.96. The van der Waals surface area contributed by atoms with E-state index in [1.54, 1.807) is 54.3 Å². The van der Waals surface area contributed by atoms with E-state index in [0.717, 1.165) is 4.57 Å². The maximum absolute atomic E-state index is 15.2. The van der Waals surface area contributed by atoms with Gasteiger partial charge in [0.1, 0.15) is 12.7 Å². The highest BCUT2D eigenvalue weighted by Crippen LogP contribution is 2.35. The van der Waals surface area contributed by atoms with Crippen LogP contribution in [0.3, 0.4) is 0 Å². The molecule has 220 valence electrons. The van der Waals surface area contributed by atoms with Crippen molar-refractivity contribution in [2.45, 2.75) is 64.2 Å². The number of benzene rings is 1. The molecular formula is C28H33F4N7O2. The van der Waals surface area contributed by atoms with Crippen LogP contribution in [0.5, 0.6) is 0 Å². The van der Waals surface area contributed by atoms with Crippen molar-refractivity contribution in [3.05, 3.63) is 54.2 Å². The van der Waals surface area contributed by atoms with Crippen molar-refractivity contribution >= 4 is 22.5 Å². The maximum atomic E-state index is 15.2. The molecule has 1 amide bonds. The third-order valence-electron chi connectivity index (χ3n) is 7.31. The molecule has 1 aliphatic rings. The highest BCUT2D eigenvalue weighted by molar-refractivity contribution is 5.96. The number of carbonyl (C=O) groups excluding carboxylic acids is 1. The van der Waals surface area contributed by atoms with E-state index in [1.165, 1.54) is 0 Å². The molecule has 2 N–H and O–H groups in total. The number of carbonyl (C=O) groups is 1. The van der Waals surface area contributed by atoms with E-state index in [0.29, 0.717) is 35.1 Å². The topological polar surface area (TPSA) is 93.2 Å². The first-order valence-corrected chi connectivity index (χ1v) is 13.4. The molecule has 0 bridgehead atoms. The molecule has 0 aliphatic carbocycles. The summed E-state index contributed by atoms with van der Waals surface area (Å²) in [6, 6.07) is 7.66. The van der Waals surface area contributed by atoms with Crippen molar-refractivity contribution in [2.24, 2.45) is 7.05 Å². The van der Waals surface area contributed by atoms with E-state index < -0.39 is 24.9 Å². The van der Waals surface area contributed by atoms with Crippen molar-refractivity contribution in [3.8, 4) is 11.5 Å². The summed E-state index contributed by atoms with van der Waals surface area (Å²) in [4.78, 5) is 18.7. The number of likely N-dealkylation sites (tertiary alicyclic amines) is 1. The standard InChI is InChI=1S/C28H33F4N7O2/c1-27(2,3)38-11-9-21(19(29)15-38)34-20-6-5-7-22-18(20)12-23(39(22)16-28(30,31)32)25-35-24(41-36-25)13-33-26(40)17-8-10-37(4)14-17/h5-8,10,12,14,19,21,34H,9,11,13,15-16H2,1-4H3,(H,33,40)/t19-,21+/m1/s1. The molecule has 0 saturated carbocycles. The molecule has 0 radical (unpaired) electrons. The first-order chi connectivity index (χ1) is 19.3. The van der Waals surface area contributed by atoms with Crippen LogP contribution in [0.25, 0.3) is 22.4 Å². The second-order valence-corrected chi connectivity index (χ2v) is 11.4. The number of rotatable bonds is 7. The van der Waals surface area contributed by atoms with Gasteiger partial charge in [-0.25, -0.2) is 4.39 Å². The van der Waals surface area contributed by atoms with E-state index in [-0.39, 0.29) is 41.9 Å². The Morgan fingerprint density at radius 2 is 1.98 bits per heavy atom. The van der Waals surface area contributed by atoms with Crippen LogP contribution in [0.15, 0.2) is 47.2 Å². The fraction of sp³-hybridized carbons (Fsp3) is 0.464. The zero-order chi connectivity index (χ0) is 29.5. The molecule has 4 heterocycles. The summed E-state index contributed by atoms with van der Waals surface area (Å²) >= 11 is 0. The normalized spacial score (nSPS) is 18.6. The van der Waals surface area contributed by atoms with Crippen LogP contribution in [0.1, 0.15) is 43.4 Å². The quantitative estimate of drug-likeness (QED) is 0.297. The van der Waals surface area contributed by atoms with E-state index in [2.05, 4.69) is 25.7 Å². The maximum Gasteiger partial charge on any atom is 0.406 e. The summed E-state index contributed by atoms with van der Waals surface area (Å²) in [7, 11) is 1.79. The summed E-state index contributed by atoms with van der Waals surface area (Å²) < 4.78 is 64.3. The van der Waals surface area contributed by atoms with Crippen LogP contribution in [0.2, 0.25) is 0 Å². The number of hydrogen-bond donors (Lipinski definition) is 2. The number of alkyl halides is 4. The van der Waals surface area contributed by atoms with Crippen LogP contribution in [-0.2, 0) is 20.1 Å². The predicted molar refractivity (Wildman–Crippen MR) is 146 cm³/mol. The number of aryl methyl sites for hydroxylation is 1. The van der Waals surface area contributed by atoms with Crippen LogP contribution in [0, 0.1) is 0 Å². The number of hydrogen-bond acceptors (Lipinski definition) is 6. The molecule has 41 heavy (non-hydrogen) atoms. The third kappa shape index (κ3) is 6.39. The van der Waals surface area contributed by atoms with Gasteiger partial charge in [-0.3, -0.25) is 9.69 Å². The average molecular weight is 576 g/mol. The largest absolute Gasteiger partial charge is 0.406 e. The number of piperidine rings is 1. The van der Waals surface area contributed by atoms with Gasteiger partial charge in [-0.2, -0.15) is 18.2 Å². The lowest BCUT2D eigenvalue weighted by Crippen LogP contribution is -2.54. The Morgan fingerprint density at radius 1 is 1.20 bits per heavy atom. The van der Waals surface area contributed by atoms with E-state index in [1.807, 2.05) is 20.8 Å². The molecule has 3 aromatic heterocycles. The summed E-state index contributed by atoms with van der Waals surface area (Å²) in [5, 5.41) is 10.3. The van der Waals surface area contributed by atoms with Gasteiger partial charge in [0.25, 0.3) is 5.91 Å². The number of aromatic nitrogens is 4. The minimum atomic E-state index is -4.52. The first-order valence-electron chi connectivity index (χ1n) is 13.4. The second kappa shape index (κ2) is 10.8. The summed E-state index contributed by atoms with van der Waals surface area (Å²) in [5.41, 5.74) is 1.20. The molecule has 13 heteroatoms. The smallest absolute Gasteiger partial charge is 0.379 e. The highest BCUT2D eigenvalue weighted by atomic mass is 19.4. The minimum absolute atomic E-state index is 0.0392. The molecule has 1 aromatic carbocycles. The number of nitrogens with zero attached hydrogens (tertiary/aromatic N) is 5. The highest BCUT2D eigenvalue weighted by Gasteiger charge is 2.35. The molecule has 0 spiro atoms. The van der Waals surface area contributed by atoms with Crippen LogP contribution in [0.4, 0.5) is 23.2 Å². The van der Waals surface area contributed by atoms with Gasteiger partial charge >= 0.3 is 6.18 Å². The van der Waals surface area contributed by atoms with Crippen molar-refractivity contribution in [3.63, 3.8) is 0 Å². The molecule has 2 atom stereocenters. The zero-order valence-corrected chi connectivity index (χ0v) is 23.3. The number of fused-ring (bicyclic) bond motifs is 1. The average Bonchev–Trinajstić information content (AvgIpc) is 3.62. The monoisotopic (exact) mass is 575 g/mol. The van der Waals surface area contributed by atoms with Crippen molar-refractivity contribution < 1.29 is 26.9 Å². The van der Waals surface area contributed by atoms with Crippen molar-refractivity contribution in [1.82, 2.24) is 29.5 Å². The van der Waals surface area contributed by atoms with Crippen LogP contribution >= 0.6 is 0 Å². The Hall–Kier alpha value is -3.87. The van der Waals surface area contributed by atoms with Crippen LogP contribution in [-0.4, -0.2) is 67.1 Å². The Labute approximate surface area is 234 Å². The van der Waals surface area contributed by atoms with Gasteiger partial charge in [0.05, 0.1) is 29.4 Å². The zero-order valence-electron chi connectivity index (χ0n) is 23.3. The Bertz CT molecular complexity index is 1530. The van der Waals surface area contributed by atoms with E-state index in [9.17, 15) is 18.0 Å².